The zero-order valence-corrected chi connectivity index (χ0v) is 12.5. The molecule has 1 aromatic carbocycles. The molecule has 1 aromatic heterocycles. The molecule has 0 radical (unpaired) electrons. The third kappa shape index (κ3) is 3.88. The summed E-state index contributed by atoms with van der Waals surface area (Å²) < 4.78 is 0.776. The first-order chi connectivity index (χ1) is 8.69. The van der Waals surface area contributed by atoms with Gasteiger partial charge in [-0.2, -0.15) is 0 Å². The number of hydrogen-bond donors (Lipinski definition) is 2. The molecule has 0 saturated carbocycles. The van der Waals surface area contributed by atoms with Crippen LogP contribution in [0.1, 0.15) is 10.9 Å². The standard InChI is InChI=1S/C12H12Cl2N2S2/c13-8-2-1-3-9(6-8)17-7-10(16-15)11-4-5-12(14)18-11/h1-6,10,16H,7,15H2. The summed E-state index contributed by atoms with van der Waals surface area (Å²) in [5.74, 6) is 6.41. The highest BCUT2D eigenvalue weighted by Gasteiger charge is 2.12. The molecule has 0 spiro atoms. The van der Waals surface area contributed by atoms with E-state index in [1.54, 1.807) is 23.1 Å². The number of nitrogens with one attached hydrogen (secondary N) is 1. The van der Waals surface area contributed by atoms with E-state index >= 15 is 0 Å². The predicted molar refractivity (Wildman–Crippen MR) is 81.6 cm³/mol. The third-order valence-electron chi connectivity index (χ3n) is 2.35. The highest BCUT2D eigenvalue weighted by Crippen LogP contribution is 2.31. The van der Waals surface area contributed by atoms with Crippen molar-refractivity contribution in [1.82, 2.24) is 5.43 Å². The second-order valence-electron chi connectivity index (χ2n) is 3.63. The SMILES string of the molecule is NNC(CSc1cccc(Cl)c1)c1ccc(Cl)s1. The number of thioether (sulfide) groups is 1. The molecule has 1 unspecified atom stereocenters. The smallest absolute Gasteiger partial charge is 0.0931 e. The average Bonchev–Trinajstić information content (AvgIpc) is 2.77. The van der Waals surface area contributed by atoms with Gasteiger partial charge in [0, 0.05) is 20.5 Å². The fraction of sp³-hybridized carbons (Fsp3) is 0.167. The lowest BCUT2D eigenvalue weighted by molar-refractivity contribution is 0.620. The lowest BCUT2D eigenvalue weighted by Crippen LogP contribution is -2.28. The number of thiophene rings is 1. The van der Waals surface area contributed by atoms with Crippen molar-refractivity contribution in [3.8, 4) is 0 Å². The van der Waals surface area contributed by atoms with Crippen LogP contribution in [0.4, 0.5) is 0 Å². The van der Waals surface area contributed by atoms with E-state index in [9.17, 15) is 0 Å². The van der Waals surface area contributed by atoms with Crippen LogP contribution < -0.4 is 11.3 Å². The molecule has 3 N–H and O–H groups in total. The maximum absolute atomic E-state index is 5.95. The van der Waals surface area contributed by atoms with Gasteiger partial charge in [0.05, 0.1) is 10.4 Å². The fourth-order valence-electron chi connectivity index (χ4n) is 1.46. The molecule has 0 aliphatic carbocycles. The zero-order chi connectivity index (χ0) is 13.0. The van der Waals surface area contributed by atoms with E-state index in [1.165, 1.54) is 0 Å². The minimum absolute atomic E-state index is 0.0893. The highest BCUT2D eigenvalue weighted by molar-refractivity contribution is 7.99. The summed E-state index contributed by atoms with van der Waals surface area (Å²) in [5, 5.41) is 0.747. The Morgan fingerprint density at radius 3 is 2.72 bits per heavy atom. The molecular weight excluding hydrogens is 307 g/mol. The van der Waals surface area contributed by atoms with Gasteiger partial charge in [0.2, 0.25) is 0 Å². The molecular formula is C12H12Cl2N2S2. The number of benzene rings is 1. The molecule has 0 amide bonds. The van der Waals surface area contributed by atoms with Crippen molar-refractivity contribution < 1.29 is 0 Å². The molecule has 2 aromatic rings. The van der Waals surface area contributed by atoms with Gasteiger partial charge in [0.1, 0.15) is 0 Å². The number of nitrogens with two attached hydrogens (primary N) is 1. The third-order valence-corrected chi connectivity index (χ3v) is 5.02. The Balaban J connectivity index is 1.99. The van der Waals surface area contributed by atoms with Crippen LogP contribution in [0.5, 0.6) is 0 Å². The number of rotatable bonds is 5. The lowest BCUT2D eigenvalue weighted by atomic mass is 10.3. The van der Waals surface area contributed by atoms with Crippen LogP contribution in [0.25, 0.3) is 0 Å². The Kier molecular flexibility index (Phi) is 5.36. The Morgan fingerprint density at radius 2 is 2.11 bits per heavy atom. The number of hydrazine groups is 1. The average molecular weight is 319 g/mol. The molecule has 1 atom stereocenters. The summed E-state index contributed by atoms with van der Waals surface area (Å²) in [6.07, 6.45) is 0. The van der Waals surface area contributed by atoms with Crippen molar-refractivity contribution in [2.24, 2.45) is 5.84 Å². The van der Waals surface area contributed by atoms with Gasteiger partial charge in [-0.15, -0.1) is 23.1 Å². The Morgan fingerprint density at radius 1 is 1.28 bits per heavy atom. The highest BCUT2D eigenvalue weighted by atomic mass is 35.5. The van der Waals surface area contributed by atoms with Gasteiger partial charge in [-0.05, 0) is 30.3 Å². The molecule has 0 saturated heterocycles. The first-order valence-electron chi connectivity index (χ1n) is 5.29. The summed E-state index contributed by atoms with van der Waals surface area (Å²) in [6.45, 7) is 0. The van der Waals surface area contributed by atoms with Crippen molar-refractivity contribution >= 4 is 46.3 Å². The van der Waals surface area contributed by atoms with E-state index in [1.807, 2.05) is 36.4 Å². The van der Waals surface area contributed by atoms with Crippen LogP contribution >= 0.6 is 46.3 Å². The molecule has 0 bridgehead atoms. The van der Waals surface area contributed by atoms with Crippen LogP contribution in [0.15, 0.2) is 41.3 Å². The van der Waals surface area contributed by atoms with E-state index in [0.717, 1.165) is 24.9 Å². The molecule has 18 heavy (non-hydrogen) atoms. The molecule has 1 heterocycles. The zero-order valence-electron chi connectivity index (χ0n) is 9.40. The van der Waals surface area contributed by atoms with Crippen molar-refractivity contribution in [3.05, 3.63) is 50.6 Å². The van der Waals surface area contributed by atoms with Crippen molar-refractivity contribution in [2.75, 3.05) is 5.75 Å². The quantitative estimate of drug-likeness (QED) is 0.489. The summed E-state index contributed by atoms with van der Waals surface area (Å²) in [6, 6.07) is 11.8. The Hall–Kier alpha value is -0.230. The molecule has 96 valence electrons. The Labute approximate surface area is 124 Å². The van der Waals surface area contributed by atoms with Gasteiger partial charge in [0.15, 0.2) is 0 Å². The second-order valence-corrected chi connectivity index (χ2v) is 6.91. The largest absolute Gasteiger partial charge is 0.271 e. The summed E-state index contributed by atoms with van der Waals surface area (Å²) in [4.78, 5) is 2.27. The van der Waals surface area contributed by atoms with Crippen molar-refractivity contribution in [3.63, 3.8) is 0 Å². The van der Waals surface area contributed by atoms with Crippen LogP contribution in [0.3, 0.4) is 0 Å². The molecule has 2 nitrogen and oxygen atoms in total. The van der Waals surface area contributed by atoms with Crippen molar-refractivity contribution in [2.45, 2.75) is 10.9 Å². The Bertz CT molecular complexity index is 516. The molecule has 0 fully saturated rings. The van der Waals surface area contributed by atoms with E-state index in [0.29, 0.717) is 0 Å². The summed E-state index contributed by atoms with van der Waals surface area (Å²) in [7, 11) is 0. The van der Waals surface area contributed by atoms with Gasteiger partial charge in [-0.3, -0.25) is 11.3 Å². The van der Waals surface area contributed by atoms with Gasteiger partial charge in [-0.25, -0.2) is 0 Å². The van der Waals surface area contributed by atoms with E-state index in [-0.39, 0.29) is 6.04 Å². The number of hydrogen-bond acceptors (Lipinski definition) is 4. The van der Waals surface area contributed by atoms with Gasteiger partial charge < -0.3 is 0 Å². The van der Waals surface area contributed by atoms with E-state index in [4.69, 9.17) is 29.0 Å². The lowest BCUT2D eigenvalue weighted by Gasteiger charge is -2.13. The second kappa shape index (κ2) is 6.80. The molecule has 6 heteroatoms. The van der Waals surface area contributed by atoms with Gasteiger partial charge in [0.25, 0.3) is 0 Å². The van der Waals surface area contributed by atoms with Gasteiger partial charge in [-0.1, -0.05) is 29.3 Å². The van der Waals surface area contributed by atoms with Crippen molar-refractivity contribution in [1.29, 1.82) is 0 Å². The maximum Gasteiger partial charge on any atom is 0.0931 e. The maximum atomic E-state index is 5.95. The predicted octanol–water partition coefficient (Wildman–Crippen LogP) is 4.35. The summed E-state index contributed by atoms with van der Waals surface area (Å²) in [5.41, 5.74) is 2.81. The van der Waals surface area contributed by atoms with Gasteiger partial charge >= 0.3 is 0 Å². The summed E-state index contributed by atoms with van der Waals surface area (Å²) >= 11 is 15.1. The molecule has 2 rings (SSSR count). The monoisotopic (exact) mass is 318 g/mol. The van der Waals surface area contributed by atoms with Crippen LogP contribution in [-0.2, 0) is 0 Å². The minimum atomic E-state index is 0.0893. The molecule has 0 aliphatic heterocycles. The molecule has 0 aliphatic rings. The van der Waals surface area contributed by atoms with Crippen LogP contribution in [-0.4, -0.2) is 5.75 Å². The normalized spacial score (nSPS) is 12.6. The van der Waals surface area contributed by atoms with Crippen LogP contribution in [0, 0.1) is 0 Å². The van der Waals surface area contributed by atoms with Crippen LogP contribution in [0.2, 0.25) is 9.36 Å². The van der Waals surface area contributed by atoms with E-state index in [2.05, 4.69) is 5.43 Å². The number of halogens is 2. The minimum Gasteiger partial charge on any atom is -0.271 e. The topological polar surface area (TPSA) is 38.0 Å². The first-order valence-corrected chi connectivity index (χ1v) is 7.84. The van der Waals surface area contributed by atoms with E-state index < -0.39 is 0 Å². The fourth-order valence-corrected chi connectivity index (χ4v) is 3.97. The first kappa shape index (κ1) is 14.2.